The lowest BCUT2D eigenvalue weighted by atomic mass is 10.1. The average Bonchev–Trinajstić information content (AvgIpc) is 3.19. The van der Waals surface area contributed by atoms with Crippen molar-refractivity contribution in [3.8, 4) is 0 Å². The molecule has 2 aromatic heterocycles. The van der Waals surface area contributed by atoms with Crippen molar-refractivity contribution in [2.45, 2.75) is 38.5 Å². The van der Waals surface area contributed by atoms with Crippen molar-refractivity contribution >= 4 is 23.2 Å². The maximum atomic E-state index is 12.7. The van der Waals surface area contributed by atoms with Crippen LogP contribution in [0.4, 0.5) is 23.8 Å². The van der Waals surface area contributed by atoms with Crippen molar-refractivity contribution in [2.75, 3.05) is 24.5 Å². The van der Waals surface area contributed by atoms with E-state index in [2.05, 4.69) is 10.3 Å². The van der Waals surface area contributed by atoms with E-state index in [1.165, 1.54) is 6.07 Å². The molecule has 0 saturated carbocycles. The zero-order valence-electron chi connectivity index (χ0n) is 15.6. The van der Waals surface area contributed by atoms with Gasteiger partial charge < -0.3 is 15.1 Å². The van der Waals surface area contributed by atoms with Crippen LogP contribution in [0.2, 0.25) is 0 Å². The van der Waals surface area contributed by atoms with Gasteiger partial charge in [-0.2, -0.15) is 13.2 Å². The minimum Gasteiger partial charge on any atom is -0.356 e. The second-order valence-electron chi connectivity index (χ2n) is 6.71. The van der Waals surface area contributed by atoms with Crippen LogP contribution >= 0.6 is 11.3 Å². The molecule has 3 rings (SSSR count). The van der Waals surface area contributed by atoms with Gasteiger partial charge in [0.1, 0.15) is 5.82 Å². The smallest absolute Gasteiger partial charge is 0.356 e. The molecule has 0 aliphatic carbocycles. The quantitative estimate of drug-likeness (QED) is 0.794. The first-order chi connectivity index (χ1) is 13.4. The van der Waals surface area contributed by atoms with Gasteiger partial charge in [0.25, 0.3) is 0 Å². The number of hydrogen-bond donors (Lipinski definition) is 1. The van der Waals surface area contributed by atoms with Gasteiger partial charge in [0.15, 0.2) is 0 Å². The molecule has 2 amide bonds. The number of hydrogen-bond acceptors (Lipinski definition) is 4. The molecule has 0 aromatic carbocycles. The van der Waals surface area contributed by atoms with E-state index in [1.54, 1.807) is 16.2 Å². The number of pyridine rings is 1. The van der Waals surface area contributed by atoms with Gasteiger partial charge in [-0.05, 0) is 43.3 Å². The zero-order chi connectivity index (χ0) is 20.1. The molecular formula is C19H23F3N4OS. The first-order valence-electron chi connectivity index (χ1n) is 9.23. The fourth-order valence-corrected chi connectivity index (χ4v) is 3.90. The fourth-order valence-electron chi connectivity index (χ4n) is 3.18. The minimum atomic E-state index is -4.38. The summed E-state index contributed by atoms with van der Waals surface area (Å²) < 4.78 is 38.0. The maximum absolute atomic E-state index is 12.7. The molecule has 1 aliphatic heterocycles. The Balaban J connectivity index is 1.50. The van der Waals surface area contributed by atoms with E-state index in [0.717, 1.165) is 30.0 Å². The van der Waals surface area contributed by atoms with Crippen LogP contribution in [0.15, 0.2) is 35.8 Å². The molecule has 1 N–H and O–H groups in total. The van der Waals surface area contributed by atoms with Crippen LogP contribution in [0.1, 0.15) is 30.2 Å². The van der Waals surface area contributed by atoms with Gasteiger partial charge in [0.2, 0.25) is 0 Å². The molecule has 0 radical (unpaired) electrons. The predicted octanol–water partition coefficient (Wildman–Crippen LogP) is 4.36. The van der Waals surface area contributed by atoms with E-state index in [1.807, 2.05) is 29.3 Å². The van der Waals surface area contributed by atoms with E-state index < -0.39 is 11.7 Å². The van der Waals surface area contributed by atoms with E-state index in [4.69, 9.17) is 0 Å². The Hall–Kier alpha value is -2.29. The average molecular weight is 412 g/mol. The molecule has 28 heavy (non-hydrogen) atoms. The lowest BCUT2D eigenvalue weighted by Gasteiger charge is -2.34. The Morgan fingerprint density at radius 3 is 2.61 bits per heavy atom. The molecule has 0 bridgehead atoms. The third kappa shape index (κ3) is 5.15. The van der Waals surface area contributed by atoms with Gasteiger partial charge in [-0.1, -0.05) is 6.07 Å². The monoisotopic (exact) mass is 412 g/mol. The number of urea groups is 1. The lowest BCUT2D eigenvalue weighted by molar-refractivity contribution is -0.137. The van der Waals surface area contributed by atoms with Crippen LogP contribution in [0.5, 0.6) is 0 Å². The van der Waals surface area contributed by atoms with Gasteiger partial charge in [-0.25, -0.2) is 9.78 Å². The molecule has 2 aromatic rings. The van der Waals surface area contributed by atoms with Crippen molar-refractivity contribution in [3.05, 3.63) is 46.3 Å². The summed E-state index contributed by atoms with van der Waals surface area (Å²) in [5.74, 6) is 0.533. The number of aromatic nitrogens is 1. The number of piperidine rings is 1. The summed E-state index contributed by atoms with van der Waals surface area (Å²) in [6.07, 6.45) is -2.06. The number of anilines is 1. The van der Waals surface area contributed by atoms with Gasteiger partial charge in [-0.15, -0.1) is 11.3 Å². The van der Waals surface area contributed by atoms with Crippen LogP contribution in [0, 0.1) is 0 Å². The van der Waals surface area contributed by atoms with Crippen LogP contribution in [0.3, 0.4) is 0 Å². The van der Waals surface area contributed by atoms with E-state index >= 15 is 0 Å². The standard InChI is InChI=1S/C19H23F3N4OS/c1-2-25(13-16-4-3-11-28-16)18(27)24-15-7-9-26(10-8-15)17-6-5-14(12-23-17)19(20,21)22/h3-6,11-12,15H,2,7-10,13H2,1H3,(H,24,27). The summed E-state index contributed by atoms with van der Waals surface area (Å²) in [7, 11) is 0. The summed E-state index contributed by atoms with van der Waals surface area (Å²) in [4.78, 5) is 21.4. The number of thiophene rings is 1. The molecule has 0 atom stereocenters. The number of halogens is 3. The lowest BCUT2D eigenvalue weighted by Crippen LogP contribution is -2.49. The number of alkyl halides is 3. The van der Waals surface area contributed by atoms with E-state index in [-0.39, 0.29) is 12.1 Å². The molecule has 1 fully saturated rings. The third-order valence-electron chi connectivity index (χ3n) is 4.82. The SMILES string of the molecule is CCN(Cc1cccs1)C(=O)NC1CCN(c2ccc(C(F)(F)F)cn2)CC1. The van der Waals surface area contributed by atoms with Crippen molar-refractivity contribution in [1.82, 2.24) is 15.2 Å². The van der Waals surface area contributed by atoms with Crippen molar-refractivity contribution in [3.63, 3.8) is 0 Å². The first-order valence-corrected chi connectivity index (χ1v) is 10.1. The summed E-state index contributed by atoms with van der Waals surface area (Å²) >= 11 is 1.62. The molecule has 5 nitrogen and oxygen atoms in total. The van der Waals surface area contributed by atoms with Crippen molar-refractivity contribution in [1.29, 1.82) is 0 Å². The number of rotatable bonds is 5. The highest BCUT2D eigenvalue weighted by Gasteiger charge is 2.31. The summed E-state index contributed by atoms with van der Waals surface area (Å²) in [5.41, 5.74) is -0.746. The molecule has 3 heterocycles. The first kappa shape index (κ1) is 20.4. The number of nitrogens with zero attached hydrogens (tertiary/aromatic N) is 3. The van der Waals surface area contributed by atoms with Crippen LogP contribution < -0.4 is 10.2 Å². The Labute approximate surface area is 166 Å². The number of carbonyl (C=O) groups excluding carboxylic acids is 1. The van der Waals surface area contributed by atoms with Crippen LogP contribution in [0.25, 0.3) is 0 Å². The Morgan fingerprint density at radius 1 is 1.32 bits per heavy atom. The highest BCUT2D eigenvalue weighted by Crippen LogP contribution is 2.29. The number of amides is 2. The Bertz CT molecular complexity index is 756. The molecule has 152 valence electrons. The summed E-state index contributed by atoms with van der Waals surface area (Å²) in [5, 5.41) is 5.07. The highest BCUT2D eigenvalue weighted by atomic mass is 32.1. The normalized spacial score (nSPS) is 15.5. The van der Waals surface area contributed by atoms with Crippen molar-refractivity contribution in [2.24, 2.45) is 0 Å². The van der Waals surface area contributed by atoms with Gasteiger partial charge in [0, 0.05) is 36.8 Å². The summed E-state index contributed by atoms with van der Waals surface area (Å²) in [6, 6.07) is 6.41. The molecular weight excluding hydrogens is 389 g/mol. The molecule has 1 saturated heterocycles. The summed E-state index contributed by atoms with van der Waals surface area (Å²) in [6.45, 7) is 4.44. The predicted molar refractivity (Wildman–Crippen MR) is 103 cm³/mol. The van der Waals surface area contributed by atoms with Crippen LogP contribution in [-0.2, 0) is 12.7 Å². The Morgan fingerprint density at radius 2 is 2.07 bits per heavy atom. The largest absolute Gasteiger partial charge is 0.417 e. The number of carbonyl (C=O) groups is 1. The van der Waals surface area contributed by atoms with Gasteiger partial charge in [-0.3, -0.25) is 0 Å². The maximum Gasteiger partial charge on any atom is 0.417 e. The van der Waals surface area contributed by atoms with E-state index in [9.17, 15) is 18.0 Å². The molecule has 0 unspecified atom stereocenters. The second-order valence-corrected chi connectivity index (χ2v) is 7.74. The van der Waals surface area contributed by atoms with Gasteiger partial charge in [0.05, 0.1) is 12.1 Å². The highest BCUT2D eigenvalue weighted by molar-refractivity contribution is 7.09. The number of nitrogens with one attached hydrogen (secondary N) is 1. The Kier molecular flexibility index (Phi) is 6.43. The van der Waals surface area contributed by atoms with E-state index in [0.29, 0.717) is 32.0 Å². The minimum absolute atomic E-state index is 0.0515. The van der Waals surface area contributed by atoms with Gasteiger partial charge >= 0.3 is 12.2 Å². The fraction of sp³-hybridized carbons (Fsp3) is 0.474. The zero-order valence-corrected chi connectivity index (χ0v) is 16.4. The molecule has 9 heteroatoms. The topological polar surface area (TPSA) is 48.5 Å². The van der Waals surface area contributed by atoms with Crippen molar-refractivity contribution < 1.29 is 18.0 Å². The van der Waals surface area contributed by atoms with Crippen LogP contribution in [-0.4, -0.2) is 41.6 Å². The second kappa shape index (κ2) is 8.81. The molecule has 1 aliphatic rings. The third-order valence-corrected chi connectivity index (χ3v) is 5.68. The molecule has 0 spiro atoms.